The Balaban J connectivity index is 0.811. The fraction of sp³-hybridized carbons (Fsp3) is 0.404. The highest BCUT2D eigenvalue weighted by atomic mass is 35.5. The first-order valence-electron chi connectivity index (χ1n) is 25.4. The van der Waals surface area contributed by atoms with Gasteiger partial charge in [-0.2, -0.15) is 10.4 Å². The molecule has 1 aliphatic carbocycles. The highest BCUT2D eigenvalue weighted by Gasteiger charge is 2.61. The number of hydrogen-bond donors (Lipinski definition) is 4. The molecule has 8 rings (SSSR count). The second kappa shape index (κ2) is 24.5. The lowest BCUT2D eigenvalue weighted by atomic mass is 9.62. The van der Waals surface area contributed by atoms with Crippen LogP contribution in [0.15, 0.2) is 103 Å². The van der Waals surface area contributed by atoms with E-state index in [9.17, 15) is 14.9 Å². The van der Waals surface area contributed by atoms with Gasteiger partial charge >= 0.3 is 0 Å². The molecular weight excluding hydrogens is 1010 g/mol. The van der Waals surface area contributed by atoms with Crippen molar-refractivity contribution in [3.63, 3.8) is 0 Å². The van der Waals surface area contributed by atoms with E-state index in [-0.39, 0.29) is 63.5 Å². The first-order chi connectivity index (χ1) is 36.5. The number of anilines is 3. The van der Waals surface area contributed by atoms with Crippen LogP contribution in [0.4, 0.5) is 26.2 Å². The van der Waals surface area contributed by atoms with E-state index in [1.807, 2.05) is 70.0 Å². The number of hydrogen-bond acceptors (Lipinski definition) is 12. The van der Waals surface area contributed by atoms with Crippen LogP contribution < -0.4 is 30.9 Å². The number of carbonyl (C=O) groups is 2. The van der Waals surface area contributed by atoms with Crippen LogP contribution in [0, 0.1) is 28.4 Å². The number of halogens is 4. The third-order valence-corrected chi connectivity index (χ3v) is 14.4. The Bertz CT molecular complexity index is 3030. The zero-order chi connectivity index (χ0) is 54.1. The summed E-state index contributed by atoms with van der Waals surface area (Å²) < 4.78 is 51.8. The number of nitrogens with one attached hydrogen (secondary N) is 4. The van der Waals surface area contributed by atoms with E-state index in [0.29, 0.717) is 32.1 Å². The van der Waals surface area contributed by atoms with Crippen LogP contribution in [0.25, 0.3) is 11.3 Å². The van der Waals surface area contributed by atoms with Crippen molar-refractivity contribution in [2.75, 3.05) is 63.1 Å². The third kappa shape index (κ3) is 12.8. The minimum atomic E-state index is -1.81. The summed E-state index contributed by atoms with van der Waals surface area (Å²) >= 11 is 12.5. The monoisotopic (exact) mass is 1080 g/mol. The molecule has 4 atom stereocenters. The highest BCUT2D eigenvalue weighted by Crippen LogP contribution is 2.53. The van der Waals surface area contributed by atoms with Crippen LogP contribution in [-0.2, 0) is 26.2 Å². The molecule has 2 aliphatic rings. The van der Waals surface area contributed by atoms with Gasteiger partial charge in [0.05, 0.1) is 79.9 Å². The Morgan fingerprint density at radius 3 is 2.45 bits per heavy atom. The third-order valence-electron chi connectivity index (χ3n) is 13.9. The molecule has 2 aromatic heterocycles. The lowest BCUT2D eigenvalue weighted by Gasteiger charge is -2.37. The number of nitriles is 1. The first kappa shape index (κ1) is 55.5. The summed E-state index contributed by atoms with van der Waals surface area (Å²) in [5.74, 6) is -2.20. The minimum Gasteiger partial charge on any atom is -0.495 e. The number of nitrogens with zero attached hydrogens (tertiary/aromatic N) is 6. The fourth-order valence-corrected chi connectivity index (χ4v) is 10.8. The number of rotatable bonds is 20. The van der Waals surface area contributed by atoms with Crippen molar-refractivity contribution in [3.8, 4) is 23.1 Å². The molecule has 0 bridgehead atoms. The Morgan fingerprint density at radius 1 is 0.961 bits per heavy atom. The van der Waals surface area contributed by atoms with Crippen LogP contribution in [0.1, 0.15) is 85.8 Å². The second-order valence-electron chi connectivity index (χ2n) is 20.6. The SMILES string of the molecule is COc1cc(C(=O)NCCOCCOC2CCC(Nc3nccc(-c4cnn(Cc5ccccc5)c4N(C)C)n3)CC2)ccc1NC(=O)[C@@H]1N[C@@H](CC(C)(C)C)[C@](C#N)(c2ccc(Cl)cc2F)[C@H]1c1cccc(Cl)c1F. The normalized spacial score (nSPS) is 20.4. The molecule has 1 saturated carbocycles. The molecule has 0 spiro atoms. The standard InChI is InChI=1S/C57H64Cl2F2N10O5/c1-56(2,3)31-48-57(34-62,42-21-16-37(58)30-44(42)60)49(40-13-10-14-43(59)50(40)61)51(69-48)53(73)67-46-22-15-36(29-47(46)74-6)52(72)63-25-26-75-27-28-76-39-19-17-38(18-20-39)66-55-64-24-23-45(68-55)41-32-65-71(54(41)70(4)5)33-35-11-8-7-9-12-35/h7-16,21-24,29-30,32,38-39,48-49,51,69H,17-20,25-28,31,33H2,1-6H3,(H,63,72)(H,67,73)(H,64,66,68)/t38?,39?,48-,49-,51+,57-/m0/s1. The van der Waals surface area contributed by atoms with Crippen LogP contribution >= 0.6 is 23.2 Å². The van der Waals surface area contributed by atoms with Crippen LogP contribution in [0.3, 0.4) is 0 Å². The molecule has 6 aromatic rings. The zero-order valence-electron chi connectivity index (χ0n) is 43.5. The van der Waals surface area contributed by atoms with E-state index >= 15 is 8.78 Å². The smallest absolute Gasteiger partial charge is 0.251 e. The maximum absolute atomic E-state index is 16.2. The molecule has 15 nitrogen and oxygen atoms in total. The average molecular weight is 1080 g/mol. The molecule has 19 heteroatoms. The highest BCUT2D eigenvalue weighted by molar-refractivity contribution is 6.31. The van der Waals surface area contributed by atoms with Crippen LogP contribution in [0.2, 0.25) is 10.0 Å². The van der Waals surface area contributed by atoms with E-state index < -0.39 is 52.3 Å². The summed E-state index contributed by atoms with van der Waals surface area (Å²) in [7, 11) is 5.41. The van der Waals surface area contributed by atoms with Gasteiger partial charge in [0.15, 0.2) is 0 Å². The molecule has 2 amide bonds. The van der Waals surface area contributed by atoms with E-state index in [4.69, 9.17) is 47.5 Å². The number of benzene rings is 4. The van der Waals surface area contributed by atoms with Crippen LogP contribution in [-0.4, -0.2) is 103 Å². The molecule has 4 aromatic carbocycles. The van der Waals surface area contributed by atoms with Gasteiger partial charge in [0.2, 0.25) is 11.9 Å². The summed E-state index contributed by atoms with van der Waals surface area (Å²) in [6.45, 7) is 7.77. The maximum atomic E-state index is 16.2. The van der Waals surface area contributed by atoms with E-state index in [2.05, 4.69) is 49.4 Å². The van der Waals surface area contributed by atoms with Gasteiger partial charge in [-0.25, -0.2) is 23.4 Å². The zero-order valence-corrected chi connectivity index (χ0v) is 45.0. The molecule has 4 N–H and O–H groups in total. The van der Waals surface area contributed by atoms with Crippen molar-refractivity contribution >= 4 is 52.5 Å². The summed E-state index contributed by atoms with van der Waals surface area (Å²) in [4.78, 5) is 39.3. The van der Waals surface area contributed by atoms with Crippen molar-refractivity contribution < 1.29 is 32.6 Å². The predicted molar refractivity (Wildman–Crippen MR) is 291 cm³/mol. The molecular formula is C57H64Cl2F2N10O5. The molecule has 1 saturated heterocycles. The van der Waals surface area contributed by atoms with Gasteiger partial charge in [0, 0.05) is 61.0 Å². The van der Waals surface area contributed by atoms with Crippen molar-refractivity contribution in [3.05, 3.63) is 147 Å². The predicted octanol–water partition coefficient (Wildman–Crippen LogP) is 10.2. The molecule has 0 radical (unpaired) electrons. The fourth-order valence-electron chi connectivity index (χ4n) is 10.5. The number of aromatic nitrogens is 4. The second-order valence-corrected chi connectivity index (χ2v) is 21.5. The number of methoxy groups -OCH3 is 1. The number of carbonyl (C=O) groups excluding carboxylic acids is 2. The molecule has 2 fully saturated rings. The first-order valence-corrected chi connectivity index (χ1v) is 26.2. The van der Waals surface area contributed by atoms with Gasteiger partial charge in [-0.3, -0.25) is 9.59 Å². The van der Waals surface area contributed by atoms with E-state index in [0.717, 1.165) is 54.4 Å². The summed E-state index contributed by atoms with van der Waals surface area (Å²) in [5, 5.41) is 28.3. The van der Waals surface area contributed by atoms with Crippen molar-refractivity contribution in [2.24, 2.45) is 5.41 Å². The Kier molecular flexibility index (Phi) is 17.9. The summed E-state index contributed by atoms with van der Waals surface area (Å²) in [6, 6.07) is 25.4. The van der Waals surface area contributed by atoms with Crippen molar-refractivity contribution in [1.29, 1.82) is 5.26 Å². The number of amides is 2. The lowest BCUT2D eigenvalue weighted by Crippen LogP contribution is -2.45. The van der Waals surface area contributed by atoms with Crippen molar-refractivity contribution in [2.45, 2.75) is 95.0 Å². The minimum absolute atomic E-state index is 0.0373. The number of ether oxygens (including phenoxy) is 3. The van der Waals surface area contributed by atoms with E-state index in [1.54, 1.807) is 6.20 Å². The van der Waals surface area contributed by atoms with Gasteiger partial charge in [0.1, 0.15) is 28.6 Å². The largest absolute Gasteiger partial charge is 0.495 e. The Morgan fingerprint density at radius 2 is 1.74 bits per heavy atom. The van der Waals surface area contributed by atoms with Crippen molar-refractivity contribution in [1.82, 2.24) is 30.4 Å². The molecule has 400 valence electrons. The molecule has 76 heavy (non-hydrogen) atoms. The van der Waals surface area contributed by atoms with Gasteiger partial charge in [-0.1, -0.05) is 92.5 Å². The quantitative estimate of drug-likeness (QED) is 0.0532. The van der Waals surface area contributed by atoms with Gasteiger partial charge in [-0.15, -0.1) is 0 Å². The molecule has 3 heterocycles. The summed E-state index contributed by atoms with van der Waals surface area (Å²) in [5.41, 5.74) is 1.06. The van der Waals surface area contributed by atoms with Crippen LogP contribution in [0.5, 0.6) is 5.75 Å². The Labute approximate surface area is 452 Å². The maximum Gasteiger partial charge on any atom is 0.251 e. The Hall–Kier alpha value is -6.68. The topological polar surface area (TPSA) is 181 Å². The van der Waals surface area contributed by atoms with Gasteiger partial charge < -0.3 is 40.4 Å². The van der Waals surface area contributed by atoms with Gasteiger partial charge in [-0.05, 0) is 91.1 Å². The molecule has 1 aliphatic heterocycles. The summed E-state index contributed by atoms with van der Waals surface area (Å²) in [6.07, 6.45) is 7.60. The molecule has 0 unspecified atom stereocenters. The van der Waals surface area contributed by atoms with E-state index in [1.165, 1.54) is 55.6 Å². The lowest BCUT2D eigenvalue weighted by molar-refractivity contribution is -0.118. The average Bonchev–Trinajstić information content (AvgIpc) is 4.03. The van der Waals surface area contributed by atoms with Gasteiger partial charge in [0.25, 0.3) is 5.91 Å².